The van der Waals surface area contributed by atoms with Gasteiger partial charge in [0.1, 0.15) is 0 Å². The van der Waals surface area contributed by atoms with Crippen molar-refractivity contribution in [1.29, 1.82) is 0 Å². The zero-order chi connectivity index (χ0) is 18.8. The molecule has 0 radical (unpaired) electrons. The highest BCUT2D eigenvalue weighted by Gasteiger charge is 2.16. The second-order valence-electron chi connectivity index (χ2n) is 7.35. The Bertz CT molecular complexity index is 328. The van der Waals surface area contributed by atoms with Gasteiger partial charge in [0, 0.05) is 6.42 Å². The van der Waals surface area contributed by atoms with Crippen LogP contribution in [0.3, 0.4) is 0 Å². The first-order valence-corrected chi connectivity index (χ1v) is 10.5. The summed E-state index contributed by atoms with van der Waals surface area (Å²) >= 11 is 0. The number of unbranched alkanes of at least 4 members (excludes halogenated alkanes) is 12. The van der Waals surface area contributed by atoms with Gasteiger partial charge in [-0.2, -0.15) is 0 Å². The molecule has 4 nitrogen and oxygen atoms in total. The molecule has 0 amide bonds. The standard InChI is InChI=1S/C21H40O4/c1-2-3-4-5-6-7-8-9-10-11-12-13-16-19(21(24)25)17-14-15-18-20(22)23/h19H,2-18H2,1H3,(H,22,23)(H,24,25). The largest absolute Gasteiger partial charge is 0.481 e. The van der Waals surface area contributed by atoms with Crippen LogP contribution in [-0.4, -0.2) is 22.2 Å². The van der Waals surface area contributed by atoms with Gasteiger partial charge in [0.05, 0.1) is 5.92 Å². The quantitative estimate of drug-likeness (QED) is 0.262. The van der Waals surface area contributed by atoms with Gasteiger partial charge < -0.3 is 10.2 Å². The predicted molar refractivity (Wildman–Crippen MR) is 103 cm³/mol. The van der Waals surface area contributed by atoms with E-state index in [9.17, 15) is 14.7 Å². The molecule has 25 heavy (non-hydrogen) atoms. The molecule has 0 saturated heterocycles. The van der Waals surface area contributed by atoms with Gasteiger partial charge in [0.25, 0.3) is 0 Å². The van der Waals surface area contributed by atoms with Crippen molar-refractivity contribution in [2.45, 2.75) is 116 Å². The summed E-state index contributed by atoms with van der Waals surface area (Å²) in [5.41, 5.74) is 0. The first-order chi connectivity index (χ1) is 12.1. The van der Waals surface area contributed by atoms with Crippen LogP contribution >= 0.6 is 0 Å². The fourth-order valence-electron chi connectivity index (χ4n) is 3.29. The number of carbonyl (C=O) groups is 2. The molecule has 0 spiro atoms. The summed E-state index contributed by atoms with van der Waals surface area (Å²) in [6.45, 7) is 2.25. The Hall–Kier alpha value is -1.06. The Balaban J connectivity index is 3.44. The van der Waals surface area contributed by atoms with E-state index in [1.807, 2.05) is 0 Å². The lowest BCUT2D eigenvalue weighted by Crippen LogP contribution is -2.13. The minimum absolute atomic E-state index is 0.144. The fraction of sp³-hybridized carbons (Fsp3) is 0.905. The topological polar surface area (TPSA) is 74.6 Å². The number of carboxylic acids is 2. The normalized spacial score (nSPS) is 12.2. The molecule has 0 aliphatic rings. The van der Waals surface area contributed by atoms with Crippen molar-refractivity contribution in [2.24, 2.45) is 5.92 Å². The lowest BCUT2D eigenvalue weighted by atomic mass is 9.94. The summed E-state index contributed by atoms with van der Waals surface area (Å²) in [6, 6.07) is 0. The van der Waals surface area contributed by atoms with E-state index in [1.165, 1.54) is 64.2 Å². The molecular weight excluding hydrogens is 316 g/mol. The molecule has 1 atom stereocenters. The van der Waals surface area contributed by atoms with Gasteiger partial charge >= 0.3 is 11.9 Å². The van der Waals surface area contributed by atoms with Gasteiger partial charge in [-0.3, -0.25) is 9.59 Å². The third-order valence-corrected chi connectivity index (χ3v) is 4.95. The molecule has 0 rings (SSSR count). The van der Waals surface area contributed by atoms with Gasteiger partial charge in [0.2, 0.25) is 0 Å². The van der Waals surface area contributed by atoms with Crippen LogP contribution in [0.15, 0.2) is 0 Å². The third-order valence-electron chi connectivity index (χ3n) is 4.95. The van der Waals surface area contributed by atoms with Crippen molar-refractivity contribution in [3.8, 4) is 0 Å². The highest BCUT2D eigenvalue weighted by molar-refractivity contribution is 5.69. The van der Waals surface area contributed by atoms with E-state index >= 15 is 0 Å². The zero-order valence-corrected chi connectivity index (χ0v) is 16.3. The van der Waals surface area contributed by atoms with Gasteiger partial charge in [-0.1, -0.05) is 90.4 Å². The summed E-state index contributed by atoms with van der Waals surface area (Å²) in [5.74, 6) is -1.82. The molecule has 148 valence electrons. The molecule has 0 aromatic heterocycles. The average Bonchev–Trinajstić information content (AvgIpc) is 2.57. The minimum Gasteiger partial charge on any atom is -0.481 e. The molecule has 2 N–H and O–H groups in total. The number of hydrogen-bond donors (Lipinski definition) is 2. The Morgan fingerprint density at radius 3 is 1.44 bits per heavy atom. The van der Waals surface area contributed by atoms with Crippen molar-refractivity contribution in [3.63, 3.8) is 0 Å². The minimum atomic E-state index is -0.798. The lowest BCUT2D eigenvalue weighted by molar-refractivity contribution is -0.142. The van der Waals surface area contributed by atoms with E-state index in [0.717, 1.165) is 19.3 Å². The second-order valence-corrected chi connectivity index (χ2v) is 7.35. The van der Waals surface area contributed by atoms with Crippen LogP contribution in [0.4, 0.5) is 0 Å². The maximum Gasteiger partial charge on any atom is 0.306 e. The number of hydrogen-bond acceptors (Lipinski definition) is 2. The molecule has 0 aliphatic carbocycles. The van der Waals surface area contributed by atoms with E-state index in [1.54, 1.807) is 0 Å². The van der Waals surface area contributed by atoms with E-state index in [-0.39, 0.29) is 12.3 Å². The van der Waals surface area contributed by atoms with Crippen LogP contribution in [0.2, 0.25) is 0 Å². The first-order valence-electron chi connectivity index (χ1n) is 10.5. The van der Waals surface area contributed by atoms with E-state index in [4.69, 9.17) is 5.11 Å². The van der Waals surface area contributed by atoms with Gasteiger partial charge in [-0.25, -0.2) is 0 Å². The van der Waals surface area contributed by atoms with Crippen LogP contribution in [0.25, 0.3) is 0 Å². The Morgan fingerprint density at radius 1 is 0.640 bits per heavy atom. The molecule has 0 saturated carbocycles. The maximum atomic E-state index is 11.2. The van der Waals surface area contributed by atoms with E-state index in [2.05, 4.69) is 6.92 Å². The number of rotatable bonds is 19. The molecule has 0 aromatic rings. The van der Waals surface area contributed by atoms with Crippen molar-refractivity contribution >= 4 is 11.9 Å². The van der Waals surface area contributed by atoms with Crippen molar-refractivity contribution < 1.29 is 19.8 Å². The van der Waals surface area contributed by atoms with Crippen LogP contribution in [0, 0.1) is 5.92 Å². The molecule has 1 unspecified atom stereocenters. The fourth-order valence-corrected chi connectivity index (χ4v) is 3.29. The van der Waals surface area contributed by atoms with Crippen molar-refractivity contribution in [1.82, 2.24) is 0 Å². The van der Waals surface area contributed by atoms with Crippen molar-refractivity contribution in [3.05, 3.63) is 0 Å². The average molecular weight is 357 g/mol. The van der Waals surface area contributed by atoms with Gasteiger partial charge in [0.15, 0.2) is 0 Å². The van der Waals surface area contributed by atoms with Gasteiger partial charge in [-0.15, -0.1) is 0 Å². The first kappa shape index (κ1) is 23.9. The molecule has 0 bridgehead atoms. The number of aliphatic carboxylic acids is 2. The van der Waals surface area contributed by atoms with Crippen molar-refractivity contribution in [2.75, 3.05) is 0 Å². The highest BCUT2D eigenvalue weighted by Crippen LogP contribution is 2.19. The molecular formula is C21H40O4. The summed E-state index contributed by atoms with van der Waals surface area (Å²) in [4.78, 5) is 21.7. The molecule has 0 fully saturated rings. The molecule has 0 aliphatic heterocycles. The SMILES string of the molecule is CCCCCCCCCCCCCCC(CCCCC(=O)O)C(=O)O. The zero-order valence-electron chi connectivity index (χ0n) is 16.3. The summed E-state index contributed by atoms with van der Waals surface area (Å²) in [6.07, 6.45) is 18.2. The Morgan fingerprint density at radius 2 is 1.04 bits per heavy atom. The smallest absolute Gasteiger partial charge is 0.306 e. The Labute approximate surface area is 154 Å². The third kappa shape index (κ3) is 17.6. The summed E-state index contributed by atoms with van der Waals surface area (Å²) in [5, 5.41) is 17.8. The molecule has 0 aromatic carbocycles. The molecule has 4 heteroatoms. The monoisotopic (exact) mass is 356 g/mol. The summed E-state index contributed by atoms with van der Waals surface area (Å²) in [7, 11) is 0. The second kappa shape index (κ2) is 17.8. The van der Waals surface area contributed by atoms with Crippen LogP contribution < -0.4 is 0 Å². The van der Waals surface area contributed by atoms with Crippen LogP contribution in [0.5, 0.6) is 0 Å². The van der Waals surface area contributed by atoms with E-state index < -0.39 is 11.9 Å². The molecule has 0 heterocycles. The maximum absolute atomic E-state index is 11.2. The number of carboxylic acid groups (broad SMARTS) is 2. The lowest BCUT2D eigenvalue weighted by Gasteiger charge is -2.11. The Kier molecular flexibility index (Phi) is 17.0. The summed E-state index contributed by atoms with van der Waals surface area (Å²) < 4.78 is 0. The van der Waals surface area contributed by atoms with Crippen LogP contribution in [-0.2, 0) is 9.59 Å². The van der Waals surface area contributed by atoms with Gasteiger partial charge in [-0.05, 0) is 19.3 Å². The van der Waals surface area contributed by atoms with Crippen LogP contribution in [0.1, 0.15) is 116 Å². The van der Waals surface area contributed by atoms with E-state index in [0.29, 0.717) is 19.3 Å². The predicted octanol–water partition coefficient (Wildman–Crippen LogP) is 6.42. The highest BCUT2D eigenvalue weighted by atomic mass is 16.4.